The molecule has 1 aliphatic heterocycles. The average Bonchev–Trinajstić information content (AvgIpc) is 3.52. The zero-order valence-electron chi connectivity index (χ0n) is 21.4. The number of amides is 1. The number of halogens is 4. The number of hydrogen-bond donors (Lipinski definition) is 1. The molecule has 3 atom stereocenters. The number of allylic oxidation sites excluding steroid dienone is 3. The Kier molecular flexibility index (Phi) is 8.45. The molecular weight excluding hydrogens is 542 g/mol. The van der Waals surface area contributed by atoms with Crippen LogP contribution in [-0.2, 0) is 27.5 Å². The van der Waals surface area contributed by atoms with Crippen molar-refractivity contribution in [1.82, 2.24) is 24.4 Å². The third-order valence-corrected chi connectivity index (χ3v) is 8.58. The molecule has 1 aliphatic carbocycles. The molecule has 1 saturated heterocycles. The van der Waals surface area contributed by atoms with Crippen molar-refractivity contribution in [2.45, 2.75) is 57.5 Å². The van der Waals surface area contributed by atoms with Crippen LogP contribution in [0.4, 0.5) is 17.6 Å². The molecule has 0 bridgehead atoms. The fourth-order valence-corrected chi connectivity index (χ4v) is 6.47. The number of methoxy groups -OCH3 is 1. The van der Waals surface area contributed by atoms with E-state index in [0.717, 1.165) is 25.1 Å². The summed E-state index contributed by atoms with van der Waals surface area (Å²) in [6, 6.07) is 1.08. The molecule has 2 aromatic rings. The second kappa shape index (κ2) is 11.5. The van der Waals surface area contributed by atoms with Crippen molar-refractivity contribution in [1.29, 1.82) is 0 Å². The molecule has 4 rings (SSSR count). The lowest BCUT2D eigenvalue weighted by molar-refractivity contribution is -0.141. The zero-order valence-corrected chi connectivity index (χ0v) is 22.2. The van der Waals surface area contributed by atoms with Gasteiger partial charge in [-0.05, 0) is 43.0 Å². The Hall–Kier alpha value is -3.26. The molecule has 14 heteroatoms. The van der Waals surface area contributed by atoms with Gasteiger partial charge in [0.1, 0.15) is 17.9 Å². The Morgan fingerprint density at radius 2 is 2.05 bits per heavy atom. The summed E-state index contributed by atoms with van der Waals surface area (Å²) in [6.07, 6.45) is 2.31. The number of ether oxygens (including phenoxy) is 1. The number of carbonyl (C=O) groups is 1. The van der Waals surface area contributed by atoms with Crippen LogP contribution in [0.1, 0.15) is 43.9 Å². The maximum Gasteiger partial charge on any atom is 0.433 e. The summed E-state index contributed by atoms with van der Waals surface area (Å²) in [7, 11) is -2.66. The number of sulfonamides is 1. The van der Waals surface area contributed by atoms with Gasteiger partial charge in [0, 0.05) is 25.7 Å². The molecular formula is C25H29F4N5O4S. The molecule has 2 aromatic heterocycles. The summed E-state index contributed by atoms with van der Waals surface area (Å²) in [6.45, 7) is 2.10. The molecule has 3 heterocycles. The van der Waals surface area contributed by atoms with Crippen molar-refractivity contribution in [3.8, 4) is 11.6 Å². The number of rotatable bonds is 9. The van der Waals surface area contributed by atoms with E-state index in [-0.39, 0.29) is 41.9 Å². The Labute approximate surface area is 223 Å². The number of hydrogen-bond acceptors (Lipinski definition) is 6. The predicted octanol–water partition coefficient (Wildman–Crippen LogP) is 3.91. The molecule has 212 valence electrons. The summed E-state index contributed by atoms with van der Waals surface area (Å²) < 4.78 is 86.5. The Bertz CT molecular complexity index is 1360. The highest BCUT2D eigenvalue weighted by Crippen LogP contribution is 2.34. The molecule has 3 unspecified atom stereocenters. The second-order valence-corrected chi connectivity index (χ2v) is 11.3. The summed E-state index contributed by atoms with van der Waals surface area (Å²) in [5.41, 5.74) is -0.367. The van der Waals surface area contributed by atoms with Gasteiger partial charge in [0.25, 0.3) is 0 Å². The van der Waals surface area contributed by atoms with Crippen molar-refractivity contribution < 1.29 is 35.5 Å². The SMILES string of the molecule is CCCC1CC(C(=O)NCc2cn(-c3ccc(C(F)(F)F)nc3)nc2OC)N(S(=O)(=O)C2=CCC(F)C=C2)C1. The van der Waals surface area contributed by atoms with Crippen LogP contribution in [0.2, 0.25) is 0 Å². The van der Waals surface area contributed by atoms with Crippen LogP contribution in [0.15, 0.2) is 47.7 Å². The Morgan fingerprint density at radius 1 is 1.28 bits per heavy atom. The van der Waals surface area contributed by atoms with Gasteiger partial charge in [0.15, 0.2) is 0 Å². The van der Waals surface area contributed by atoms with E-state index >= 15 is 0 Å². The largest absolute Gasteiger partial charge is 0.480 e. The van der Waals surface area contributed by atoms with Crippen LogP contribution in [-0.4, -0.2) is 59.3 Å². The van der Waals surface area contributed by atoms with E-state index in [0.29, 0.717) is 12.0 Å². The van der Waals surface area contributed by atoms with Gasteiger partial charge in [0.05, 0.1) is 29.5 Å². The quantitative estimate of drug-likeness (QED) is 0.458. The number of alkyl halides is 4. The number of aromatic nitrogens is 3. The van der Waals surface area contributed by atoms with E-state index in [1.807, 2.05) is 6.92 Å². The number of pyridine rings is 1. The fourth-order valence-electron chi connectivity index (χ4n) is 4.72. The lowest BCUT2D eigenvalue weighted by Crippen LogP contribution is -2.46. The Morgan fingerprint density at radius 3 is 2.64 bits per heavy atom. The average molecular weight is 572 g/mol. The van der Waals surface area contributed by atoms with Gasteiger partial charge in [-0.1, -0.05) is 19.4 Å². The van der Waals surface area contributed by atoms with E-state index in [4.69, 9.17) is 4.74 Å². The minimum Gasteiger partial charge on any atom is -0.480 e. The van der Waals surface area contributed by atoms with Crippen LogP contribution in [0.5, 0.6) is 5.88 Å². The van der Waals surface area contributed by atoms with Crippen molar-refractivity contribution >= 4 is 15.9 Å². The third kappa shape index (κ3) is 6.32. The lowest BCUT2D eigenvalue weighted by Gasteiger charge is -2.24. The second-order valence-electron chi connectivity index (χ2n) is 9.42. The maximum absolute atomic E-state index is 13.5. The molecule has 2 aliphatic rings. The third-order valence-electron chi connectivity index (χ3n) is 6.66. The molecule has 0 spiro atoms. The van der Waals surface area contributed by atoms with Crippen LogP contribution in [0, 0.1) is 5.92 Å². The van der Waals surface area contributed by atoms with Gasteiger partial charge in [-0.2, -0.15) is 17.5 Å². The summed E-state index contributed by atoms with van der Waals surface area (Å²) in [4.78, 5) is 16.7. The van der Waals surface area contributed by atoms with Crippen LogP contribution < -0.4 is 10.1 Å². The highest BCUT2D eigenvalue weighted by molar-refractivity contribution is 7.93. The van der Waals surface area contributed by atoms with Gasteiger partial charge in [-0.15, -0.1) is 5.10 Å². The van der Waals surface area contributed by atoms with Crippen molar-refractivity contribution in [2.75, 3.05) is 13.7 Å². The summed E-state index contributed by atoms with van der Waals surface area (Å²) >= 11 is 0. The Balaban J connectivity index is 1.50. The van der Waals surface area contributed by atoms with Crippen LogP contribution in [0.3, 0.4) is 0 Å². The van der Waals surface area contributed by atoms with Crippen LogP contribution in [0.25, 0.3) is 5.69 Å². The first-order valence-corrected chi connectivity index (χ1v) is 13.9. The zero-order chi connectivity index (χ0) is 28.4. The van der Waals surface area contributed by atoms with Gasteiger partial charge in [0.2, 0.25) is 21.8 Å². The normalized spacial score (nSPS) is 22.1. The first-order valence-electron chi connectivity index (χ1n) is 12.4. The highest BCUT2D eigenvalue weighted by atomic mass is 32.2. The first kappa shape index (κ1) is 28.7. The van der Waals surface area contributed by atoms with E-state index < -0.39 is 40.0 Å². The van der Waals surface area contributed by atoms with Gasteiger partial charge in [-0.25, -0.2) is 22.5 Å². The molecule has 1 fully saturated rings. The van der Waals surface area contributed by atoms with Gasteiger partial charge >= 0.3 is 6.18 Å². The minimum atomic E-state index is -4.58. The fraction of sp³-hybridized carbons (Fsp3) is 0.480. The molecule has 0 aromatic carbocycles. The molecule has 39 heavy (non-hydrogen) atoms. The van der Waals surface area contributed by atoms with E-state index in [2.05, 4.69) is 15.4 Å². The monoisotopic (exact) mass is 571 g/mol. The van der Waals surface area contributed by atoms with Gasteiger partial charge < -0.3 is 10.1 Å². The molecule has 0 saturated carbocycles. The van der Waals surface area contributed by atoms with Crippen LogP contribution >= 0.6 is 0 Å². The van der Waals surface area contributed by atoms with Gasteiger partial charge in [-0.3, -0.25) is 4.79 Å². The lowest BCUT2D eigenvalue weighted by atomic mass is 10.0. The predicted molar refractivity (Wildman–Crippen MR) is 134 cm³/mol. The van der Waals surface area contributed by atoms with E-state index in [1.54, 1.807) is 0 Å². The maximum atomic E-state index is 13.5. The standard InChI is InChI=1S/C25H29F4N5O4S/c1-3-4-16-11-21(34(14-16)39(36,37)20-8-5-18(26)6-9-20)23(35)31-12-17-15-33(32-24(17)38-2)19-7-10-22(30-13-19)25(27,28)29/h5,7-10,13,15-16,18,21H,3-4,6,11-12,14H2,1-2H3,(H,31,35). The molecule has 1 amide bonds. The number of nitrogens with one attached hydrogen (secondary N) is 1. The molecule has 9 nitrogen and oxygen atoms in total. The molecule has 0 radical (unpaired) electrons. The highest BCUT2D eigenvalue weighted by Gasteiger charge is 2.44. The number of carbonyl (C=O) groups excluding carboxylic acids is 1. The first-order chi connectivity index (χ1) is 18.4. The summed E-state index contributed by atoms with van der Waals surface area (Å²) in [5, 5.41) is 6.94. The minimum absolute atomic E-state index is 0.00734. The van der Waals surface area contributed by atoms with Crippen molar-refractivity contribution in [2.24, 2.45) is 5.92 Å². The topological polar surface area (TPSA) is 106 Å². The van der Waals surface area contributed by atoms with E-state index in [1.165, 1.54) is 46.6 Å². The smallest absolute Gasteiger partial charge is 0.433 e. The summed E-state index contributed by atoms with van der Waals surface area (Å²) in [5.74, 6) is -0.382. The van der Waals surface area contributed by atoms with E-state index in [9.17, 15) is 30.8 Å². The van der Waals surface area contributed by atoms with Crippen molar-refractivity contribution in [3.63, 3.8) is 0 Å². The van der Waals surface area contributed by atoms with Crippen molar-refractivity contribution in [3.05, 3.63) is 58.9 Å². The number of nitrogens with zero attached hydrogens (tertiary/aromatic N) is 4. The molecule has 1 N–H and O–H groups in total.